The van der Waals surface area contributed by atoms with E-state index in [4.69, 9.17) is 9.47 Å². The van der Waals surface area contributed by atoms with Gasteiger partial charge in [-0.15, -0.1) is 0 Å². The van der Waals surface area contributed by atoms with Crippen LogP contribution in [0.15, 0.2) is 47.6 Å². The lowest BCUT2D eigenvalue weighted by Gasteiger charge is -2.09. The fraction of sp³-hybridized carbons (Fsp3) is 0.250. The molecular formula is C20H23N3O4. The van der Waals surface area contributed by atoms with Crippen molar-refractivity contribution >= 4 is 23.2 Å². The Morgan fingerprint density at radius 3 is 2.30 bits per heavy atom. The van der Waals surface area contributed by atoms with Crippen LogP contribution in [0.2, 0.25) is 0 Å². The molecule has 0 saturated carbocycles. The maximum Gasteiger partial charge on any atom is 0.271 e. The lowest BCUT2D eigenvalue weighted by molar-refractivity contribution is -0.115. The van der Waals surface area contributed by atoms with Gasteiger partial charge in [-0.3, -0.25) is 9.59 Å². The zero-order chi connectivity index (χ0) is 19.8. The summed E-state index contributed by atoms with van der Waals surface area (Å²) in [5.74, 6) is 0.361. The largest absolute Gasteiger partial charge is 0.493 e. The van der Waals surface area contributed by atoms with Crippen LogP contribution >= 0.6 is 0 Å². The van der Waals surface area contributed by atoms with Crippen LogP contribution in [-0.2, 0) is 4.79 Å². The number of hydrazone groups is 1. The summed E-state index contributed by atoms with van der Waals surface area (Å²) in [6, 6.07) is 12.3. The third-order valence-corrected chi connectivity index (χ3v) is 3.75. The van der Waals surface area contributed by atoms with Gasteiger partial charge in [0.15, 0.2) is 11.5 Å². The van der Waals surface area contributed by atoms with Gasteiger partial charge < -0.3 is 14.8 Å². The number of carbonyl (C=O) groups is 2. The summed E-state index contributed by atoms with van der Waals surface area (Å²) in [6.45, 7) is 3.65. The van der Waals surface area contributed by atoms with E-state index < -0.39 is 5.91 Å². The standard InChI is InChI=1S/C20H23N3O4/c1-13-5-8-16(9-6-13)21-19(24)11-14(2)22-23-20(25)15-7-10-17(26-3)18(12-15)27-4/h5-10,12H,11H2,1-4H3,(H,21,24)(H,23,25)/b22-14+. The molecule has 7 heteroatoms. The maximum absolute atomic E-state index is 12.2. The van der Waals surface area contributed by atoms with Crippen molar-refractivity contribution in [1.29, 1.82) is 0 Å². The first kappa shape index (κ1) is 20.0. The van der Waals surface area contributed by atoms with Crippen LogP contribution in [0.5, 0.6) is 11.5 Å². The Hall–Kier alpha value is -3.35. The van der Waals surface area contributed by atoms with E-state index >= 15 is 0 Å². The molecule has 142 valence electrons. The first-order chi connectivity index (χ1) is 12.9. The predicted molar refractivity (Wildman–Crippen MR) is 105 cm³/mol. The van der Waals surface area contributed by atoms with Gasteiger partial charge in [-0.25, -0.2) is 5.43 Å². The monoisotopic (exact) mass is 369 g/mol. The van der Waals surface area contributed by atoms with Gasteiger partial charge in [-0.2, -0.15) is 5.10 Å². The van der Waals surface area contributed by atoms with Crippen molar-refractivity contribution in [2.75, 3.05) is 19.5 Å². The Morgan fingerprint density at radius 2 is 1.67 bits per heavy atom. The van der Waals surface area contributed by atoms with E-state index in [1.807, 2.05) is 31.2 Å². The van der Waals surface area contributed by atoms with E-state index in [0.717, 1.165) is 5.56 Å². The van der Waals surface area contributed by atoms with Crippen LogP contribution in [-0.4, -0.2) is 31.7 Å². The molecule has 2 aromatic rings. The molecule has 0 aliphatic heterocycles. The van der Waals surface area contributed by atoms with E-state index in [0.29, 0.717) is 28.5 Å². The number of nitrogens with one attached hydrogen (secondary N) is 2. The summed E-state index contributed by atoms with van der Waals surface area (Å²) in [7, 11) is 3.02. The van der Waals surface area contributed by atoms with Gasteiger partial charge in [-0.1, -0.05) is 17.7 Å². The molecule has 2 amide bonds. The number of hydrogen-bond acceptors (Lipinski definition) is 5. The number of nitrogens with zero attached hydrogens (tertiary/aromatic N) is 1. The topological polar surface area (TPSA) is 89.0 Å². The summed E-state index contributed by atoms with van der Waals surface area (Å²) in [5.41, 5.74) is 5.12. The number of benzene rings is 2. The molecule has 0 spiro atoms. The highest BCUT2D eigenvalue weighted by Gasteiger charge is 2.11. The number of aryl methyl sites for hydroxylation is 1. The summed E-state index contributed by atoms with van der Waals surface area (Å²) in [5, 5.41) is 6.76. The average Bonchev–Trinajstić information content (AvgIpc) is 2.67. The van der Waals surface area contributed by atoms with Crippen molar-refractivity contribution in [2.24, 2.45) is 5.10 Å². The van der Waals surface area contributed by atoms with Crippen molar-refractivity contribution in [2.45, 2.75) is 20.3 Å². The molecule has 7 nitrogen and oxygen atoms in total. The van der Waals surface area contributed by atoms with Gasteiger partial charge in [0.25, 0.3) is 5.91 Å². The van der Waals surface area contributed by atoms with Crippen molar-refractivity contribution in [3.63, 3.8) is 0 Å². The second kappa shape index (κ2) is 9.38. The highest BCUT2D eigenvalue weighted by Crippen LogP contribution is 2.27. The molecule has 2 N–H and O–H groups in total. The number of rotatable bonds is 7. The molecule has 0 radical (unpaired) electrons. The van der Waals surface area contributed by atoms with Gasteiger partial charge in [0, 0.05) is 17.0 Å². The predicted octanol–water partition coefficient (Wildman–Crippen LogP) is 3.15. The Balaban J connectivity index is 1.93. The minimum atomic E-state index is -0.408. The third-order valence-electron chi connectivity index (χ3n) is 3.75. The molecule has 0 saturated heterocycles. The van der Waals surface area contributed by atoms with Gasteiger partial charge >= 0.3 is 0 Å². The Bertz CT molecular complexity index is 845. The first-order valence-electron chi connectivity index (χ1n) is 8.35. The van der Waals surface area contributed by atoms with E-state index in [1.54, 1.807) is 25.1 Å². The van der Waals surface area contributed by atoms with E-state index in [1.165, 1.54) is 14.2 Å². The van der Waals surface area contributed by atoms with Crippen LogP contribution in [0, 0.1) is 6.92 Å². The second-order valence-electron chi connectivity index (χ2n) is 5.95. The minimum Gasteiger partial charge on any atom is -0.493 e. The number of ether oxygens (including phenoxy) is 2. The van der Waals surface area contributed by atoms with Crippen LogP contribution in [0.4, 0.5) is 5.69 Å². The highest BCUT2D eigenvalue weighted by molar-refractivity contribution is 6.06. The smallest absolute Gasteiger partial charge is 0.271 e. The second-order valence-corrected chi connectivity index (χ2v) is 5.95. The SMILES string of the molecule is COc1ccc(C(=O)N/N=C(\C)CC(=O)Nc2ccc(C)cc2)cc1OC. The van der Waals surface area contributed by atoms with E-state index in [-0.39, 0.29) is 12.3 Å². The van der Waals surface area contributed by atoms with Gasteiger partial charge in [0.2, 0.25) is 5.91 Å². The molecule has 0 unspecified atom stereocenters. The molecule has 0 heterocycles. The number of hydrogen-bond donors (Lipinski definition) is 2. The lowest BCUT2D eigenvalue weighted by atomic mass is 10.2. The van der Waals surface area contributed by atoms with Gasteiger partial charge in [0.05, 0.1) is 20.6 Å². The Morgan fingerprint density at radius 1 is 1.00 bits per heavy atom. The number of amides is 2. The summed E-state index contributed by atoms with van der Waals surface area (Å²) in [6.07, 6.45) is 0.0695. The third kappa shape index (κ3) is 5.85. The van der Waals surface area contributed by atoms with Crippen molar-refractivity contribution < 1.29 is 19.1 Å². The van der Waals surface area contributed by atoms with Crippen LogP contribution in [0.25, 0.3) is 0 Å². The molecule has 27 heavy (non-hydrogen) atoms. The first-order valence-corrected chi connectivity index (χ1v) is 8.35. The van der Waals surface area contributed by atoms with Crippen molar-refractivity contribution in [1.82, 2.24) is 5.43 Å². The molecule has 0 bridgehead atoms. The number of carbonyl (C=O) groups excluding carboxylic acids is 2. The van der Waals surface area contributed by atoms with Gasteiger partial charge in [-0.05, 0) is 44.2 Å². The van der Waals surface area contributed by atoms with Crippen LogP contribution in [0.3, 0.4) is 0 Å². The molecule has 0 aliphatic carbocycles. The normalized spacial score (nSPS) is 10.9. The van der Waals surface area contributed by atoms with E-state index in [9.17, 15) is 9.59 Å². The van der Waals surface area contributed by atoms with Crippen molar-refractivity contribution in [3.05, 3.63) is 53.6 Å². The molecular weight excluding hydrogens is 346 g/mol. The average molecular weight is 369 g/mol. The zero-order valence-corrected chi connectivity index (χ0v) is 15.8. The fourth-order valence-electron chi connectivity index (χ4n) is 2.30. The molecule has 0 atom stereocenters. The highest BCUT2D eigenvalue weighted by atomic mass is 16.5. The van der Waals surface area contributed by atoms with Crippen molar-refractivity contribution in [3.8, 4) is 11.5 Å². The molecule has 2 rings (SSSR count). The van der Waals surface area contributed by atoms with Crippen LogP contribution < -0.4 is 20.2 Å². The Kier molecular flexibility index (Phi) is 6.93. The maximum atomic E-state index is 12.2. The minimum absolute atomic E-state index is 0.0695. The summed E-state index contributed by atoms with van der Waals surface area (Å²) < 4.78 is 10.3. The van der Waals surface area contributed by atoms with Crippen LogP contribution in [0.1, 0.15) is 29.3 Å². The number of anilines is 1. The quantitative estimate of drug-likeness (QED) is 0.580. The molecule has 2 aromatic carbocycles. The number of methoxy groups -OCH3 is 2. The lowest BCUT2D eigenvalue weighted by Crippen LogP contribution is -2.21. The zero-order valence-electron chi connectivity index (χ0n) is 15.8. The molecule has 0 aromatic heterocycles. The summed E-state index contributed by atoms with van der Waals surface area (Å²) in [4.78, 5) is 24.3. The summed E-state index contributed by atoms with van der Waals surface area (Å²) >= 11 is 0. The molecule has 0 aliphatic rings. The Labute approximate surface area is 158 Å². The van der Waals surface area contributed by atoms with Gasteiger partial charge in [0.1, 0.15) is 0 Å². The van der Waals surface area contributed by atoms with E-state index in [2.05, 4.69) is 15.8 Å². The molecule has 0 fully saturated rings. The fourth-order valence-corrected chi connectivity index (χ4v) is 2.30.